The number of nitrogens with one attached hydrogen (secondary N) is 1. The van der Waals surface area contributed by atoms with Crippen molar-refractivity contribution in [3.63, 3.8) is 0 Å². The van der Waals surface area contributed by atoms with Crippen molar-refractivity contribution in [1.82, 2.24) is 15.1 Å². The van der Waals surface area contributed by atoms with Gasteiger partial charge in [-0.15, -0.1) is 0 Å². The number of aromatic nitrogens is 2. The van der Waals surface area contributed by atoms with Crippen molar-refractivity contribution in [2.24, 2.45) is 0 Å². The lowest BCUT2D eigenvalue weighted by molar-refractivity contribution is -0.137. The highest BCUT2D eigenvalue weighted by Crippen LogP contribution is 2.30. The molecule has 1 aromatic heterocycles. The van der Waals surface area contributed by atoms with Gasteiger partial charge in [0.25, 0.3) is 0 Å². The third kappa shape index (κ3) is 3.89. The third-order valence-corrected chi connectivity index (χ3v) is 3.22. The molecule has 0 saturated heterocycles. The van der Waals surface area contributed by atoms with Crippen molar-refractivity contribution in [3.05, 3.63) is 69.8 Å². The van der Waals surface area contributed by atoms with E-state index in [1.807, 2.05) is 0 Å². The van der Waals surface area contributed by atoms with Crippen LogP contribution in [0.25, 0.3) is 5.69 Å². The summed E-state index contributed by atoms with van der Waals surface area (Å²) in [6.07, 6.45) is -2.09. The monoisotopic (exact) mass is 337 g/mol. The van der Waals surface area contributed by atoms with Crippen LogP contribution >= 0.6 is 0 Å². The predicted octanol–water partition coefficient (Wildman–Crippen LogP) is 2.56. The first-order valence-corrected chi connectivity index (χ1v) is 6.90. The quantitative estimate of drug-likeness (QED) is 0.688. The van der Waals surface area contributed by atoms with Gasteiger partial charge in [0.1, 0.15) is 0 Å². The van der Waals surface area contributed by atoms with Crippen molar-refractivity contribution in [1.29, 1.82) is 0 Å². The van der Waals surface area contributed by atoms with E-state index in [1.165, 1.54) is 24.4 Å². The summed E-state index contributed by atoms with van der Waals surface area (Å²) in [5.74, 6) is -0.631. The lowest BCUT2D eigenvalue weighted by Gasteiger charge is -2.10. The predicted molar refractivity (Wildman–Crippen MR) is 82.0 cm³/mol. The van der Waals surface area contributed by atoms with Crippen LogP contribution in [0.3, 0.4) is 0 Å². The fourth-order valence-electron chi connectivity index (χ4n) is 1.88. The van der Waals surface area contributed by atoms with Gasteiger partial charge in [-0.2, -0.15) is 18.3 Å². The Labute approximate surface area is 135 Å². The summed E-state index contributed by atoms with van der Waals surface area (Å²) in [6, 6.07) is 5.53. The van der Waals surface area contributed by atoms with Gasteiger partial charge in [-0.3, -0.25) is 9.59 Å². The number of nitrogens with zero attached hydrogens (tertiary/aromatic N) is 2. The van der Waals surface area contributed by atoms with E-state index in [-0.39, 0.29) is 11.4 Å². The number of hydrogen-bond acceptors (Lipinski definition) is 4. The van der Waals surface area contributed by atoms with Crippen LogP contribution in [-0.4, -0.2) is 22.6 Å². The van der Waals surface area contributed by atoms with Crippen molar-refractivity contribution >= 4 is 5.78 Å². The second-order valence-corrected chi connectivity index (χ2v) is 4.96. The van der Waals surface area contributed by atoms with Gasteiger partial charge in [0.05, 0.1) is 11.3 Å². The van der Waals surface area contributed by atoms with Crippen molar-refractivity contribution in [3.8, 4) is 5.69 Å². The molecule has 1 heterocycles. The Hall–Kier alpha value is -2.90. The van der Waals surface area contributed by atoms with E-state index in [4.69, 9.17) is 0 Å². The fraction of sp³-hybridized carbons (Fsp3) is 0.188. The highest BCUT2D eigenvalue weighted by atomic mass is 19.4. The molecule has 0 saturated carbocycles. The molecule has 0 bridgehead atoms. The molecule has 1 N–H and O–H groups in total. The fourth-order valence-corrected chi connectivity index (χ4v) is 1.88. The van der Waals surface area contributed by atoms with Crippen LogP contribution in [0, 0.1) is 0 Å². The third-order valence-electron chi connectivity index (χ3n) is 3.22. The second-order valence-electron chi connectivity index (χ2n) is 4.96. The number of hydrogen-bond donors (Lipinski definition) is 1. The highest BCUT2D eigenvalue weighted by Gasteiger charge is 2.30. The maximum atomic E-state index is 12.8. The minimum atomic E-state index is -4.50. The SMILES string of the molecule is CN/C(C)=C/C(=O)c1nn(-c2cccc(C(F)(F)F)c2)ccc1=O. The van der Waals surface area contributed by atoms with Crippen LogP contribution in [0.2, 0.25) is 0 Å². The number of halogens is 3. The average Bonchev–Trinajstić information content (AvgIpc) is 2.54. The van der Waals surface area contributed by atoms with E-state index in [2.05, 4.69) is 10.4 Å². The molecule has 5 nitrogen and oxygen atoms in total. The van der Waals surface area contributed by atoms with Crippen molar-refractivity contribution < 1.29 is 18.0 Å². The molecule has 0 radical (unpaired) electrons. The molecular weight excluding hydrogens is 323 g/mol. The number of benzene rings is 1. The summed E-state index contributed by atoms with van der Waals surface area (Å²) in [5, 5.41) is 6.60. The van der Waals surface area contributed by atoms with Crippen LogP contribution in [-0.2, 0) is 6.18 Å². The number of allylic oxidation sites excluding steroid dienone is 2. The summed E-state index contributed by atoms with van der Waals surface area (Å²) in [6.45, 7) is 1.63. The van der Waals surface area contributed by atoms with Crippen molar-refractivity contribution in [2.45, 2.75) is 13.1 Å². The van der Waals surface area contributed by atoms with Gasteiger partial charge in [-0.05, 0) is 25.1 Å². The summed E-state index contributed by atoms with van der Waals surface area (Å²) < 4.78 is 39.4. The Balaban J connectivity index is 2.49. The Morgan fingerprint density at radius 3 is 2.62 bits per heavy atom. The first kappa shape index (κ1) is 17.5. The van der Waals surface area contributed by atoms with Gasteiger partial charge >= 0.3 is 6.18 Å². The molecule has 0 atom stereocenters. The molecule has 8 heteroatoms. The van der Waals surface area contributed by atoms with Crippen LogP contribution < -0.4 is 10.7 Å². The zero-order valence-corrected chi connectivity index (χ0v) is 12.9. The zero-order chi connectivity index (χ0) is 17.9. The first-order chi connectivity index (χ1) is 11.2. The lowest BCUT2D eigenvalue weighted by Crippen LogP contribution is -2.20. The van der Waals surface area contributed by atoms with E-state index < -0.39 is 23.0 Å². The highest BCUT2D eigenvalue weighted by molar-refractivity contribution is 6.03. The molecule has 0 spiro atoms. The molecule has 2 aromatic rings. The molecule has 0 fully saturated rings. The Morgan fingerprint density at radius 2 is 2.00 bits per heavy atom. The van der Waals surface area contributed by atoms with Crippen molar-refractivity contribution in [2.75, 3.05) is 7.05 Å². The van der Waals surface area contributed by atoms with Gasteiger partial charge < -0.3 is 5.32 Å². The standard InChI is InChI=1S/C16H14F3N3O2/c1-10(20-2)8-14(24)15-13(23)6-7-22(21-15)12-5-3-4-11(9-12)16(17,18)19/h3-9,20H,1-2H3/b10-8+. The minimum absolute atomic E-state index is 0.0909. The smallest absolute Gasteiger partial charge is 0.392 e. The summed E-state index contributed by atoms with van der Waals surface area (Å²) >= 11 is 0. The molecular formula is C16H14F3N3O2. The van der Waals surface area contributed by atoms with E-state index in [1.54, 1.807) is 14.0 Å². The minimum Gasteiger partial charge on any atom is -0.392 e. The van der Waals surface area contributed by atoms with Gasteiger partial charge in [0.2, 0.25) is 11.2 Å². The topological polar surface area (TPSA) is 64.0 Å². The largest absolute Gasteiger partial charge is 0.416 e. The number of ketones is 1. The van der Waals surface area contributed by atoms with Gasteiger partial charge in [-0.1, -0.05) is 6.07 Å². The summed E-state index contributed by atoms with van der Waals surface area (Å²) in [4.78, 5) is 23.9. The lowest BCUT2D eigenvalue weighted by atomic mass is 10.2. The normalized spacial score (nSPS) is 12.1. The number of rotatable bonds is 4. The maximum Gasteiger partial charge on any atom is 0.416 e. The molecule has 0 aliphatic heterocycles. The van der Waals surface area contributed by atoms with E-state index in [0.717, 1.165) is 22.9 Å². The van der Waals surface area contributed by atoms with Crippen LogP contribution in [0.4, 0.5) is 13.2 Å². The molecule has 2 rings (SSSR count). The van der Waals surface area contributed by atoms with Crippen LogP contribution in [0.5, 0.6) is 0 Å². The van der Waals surface area contributed by atoms with Gasteiger partial charge in [-0.25, -0.2) is 4.68 Å². The molecule has 0 unspecified atom stereocenters. The van der Waals surface area contributed by atoms with Gasteiger partial charge in [0.15, 0.2) is 5.69 Å². The number of carbonyl (C=O) groups excluding carboxylic acids is 1. The molecule has 126 valence electrons. The van der Waals surface area contributed by atoms with E-state index >= 15 is 0 Å². The molecule has 1 aromatic carbocycles. The average molecular weight is 337 g/mol. The second kappa shape index (κ2) is 6.69. The van der Waals surface area contributed by atoms with E-state index in [9.17, 15) is 22.8 Å². The van der Waals surface area contributed by atoms with Crippen LogP contribution in [0.1, 0.15) is 23.0 Å². The molecule has 0 aliphatic rings. The van der Waals surface area contributed by atoms with E-state index in [0.29, 0.717) is 5.70 Å². The number of alkyl halides is 3. The van der Waals surface area contributed by atoms with Gasteiger partial charge in [0, 0.05) is 31.1 Å². The summed E-state index contributed by atoms with van der Waals surface area (Å²) in [7, 11) is 1.61. The zero-order valence-electron chi connectivity index (χ0n) is 12.9. The van der Waals surface area contributed by atoms with Crippen LogP contribution in [0.15, 0.2) is 53.1 Å². The first-order valence-electron chi connectivity index (χ1n) is 6.90. The number of carbonyl (C=O) groups is 1. The Kier molecular flexibility index (Phi) is 4.87. The Bertz CT molecular complexity index is 854. The molecule has 24 heavy (non-hydrogen) atoms. The maximum absolute atomic E-state index is 12.8. The summed E-state index contributed by atoms with van der Waals surface area (Å²) in [5.41, 5.74) is -1.21. The Morgan fingerprint density at radius 1 is 1.29 bits per heavy atom. The molecule has 0 amide bonds. The molecule has 0 aliphatic carbocycles.